The molecule has 0 bridgehead atoms. The van der Waals surface area contributed by atoms with Crippen LogP contribution in [0.25, 0.3) is 5.69 Å². The molecule has 0 spiro atoms. The Labute approximate surface area is 168 Å². The van der Waals surface area contributed by atoms with Gasteiger partial charge >= 0.3 is 5.69 Å². The molecule has 0 amide bonds. The number of nitrogens with zero attached hydrogens (tertiary/aromatic N) is 5. The lowest BCUT2D eigenvalue weighted by molar-refractivity contribution is 0.166. The Kier molecular flexibility index (Phi) is 5.26. The van der Waals surface area contributed by atoms with Crippen molar-refractivity contribution in [1.82, 2.24) is 14.3 Å². The van der Waals surface area contributed by atoms with Crippen molar-refractivity contribution in [3.8, 4) is 11.4 Å². The molecule has 1 aromatic heterocycles. The van der Waals surface area contributed by atoms with E-state index in [0.29, 0.717) is 0 Å². The van der Waals surface area contributed by atoms with Gasteiger partial charge in [0.1, 0.15) is 12.1 Å². The standard InChI is InChI=1S/C21H25N5O3/c1-16(27)14-26-21(29)25(15-22-26)19-4-2-17(3-5-19)23-10-12-24(13-11-23)18-6-8-20(28)9-7-18/h2-9,15-16,27-28H,10-14H2,1H3/t16-/m0/s1. The average Bonchev–Trinajstić information content (AvgIpc) is 3.08. The molecule has 29 heavy (non-hydrogen) atoms. The van der Waals surface area contributed by atoms with Crippen LogP contribution >= 0.6 is 0 Å². The molecule has 0 unspecified atom stereocenters. The molecule has 8 heteroatoms. The summed E-state index contributed by atoms with van der Waals surface area (Å²) < 4.78 is 2.75. The van der Waals surface area contributed by atoms with Gasteiger partial charge in [-0.3, -0.25) is 0 Å². The Bertz CT molecular complexity index is 1000. The van der Waals surface area contributed by atoms with Gasteiger partial charge in [-0.1, -0.05) is 0 Å². The number of aromatic hydroxyl groups is 1. The predicted octanol–water partition coefficient (Wildman–Crippen LogP) is 1.45. The van der Waals surface area contributed by atoms with Crippen LogP contribution in [-0.2, 0) is 6.54 Å². The van der Waals surface area contributed by atoms with Gasteiger partial charge in [0, 0.05) is 37.6 Å². The molecule has 1 fully saturated rings. The van der Waals surface area contributed by atoms with E-state index in [9.17, 15) is 15.0 Å². The van der Waals surface area contributed by atoms with Crippen LogP contribution in [0.2, 0.25) is 0 Å². The zero-order valence-electron chi connectivity index (χ0n) is 16.3. The Morgan fingerprint density at radius 1 is 0.897 bits per heavy atom. The minimum atomic E-state index is -0.626. The maximum Gasteiger partial charge on any atom is 0.350 e. The molecular weight excluding hydrogens is 370 g/mol. The Hall–Kier alpha value is -3.26. The number of phenols is 1. The SMILES string of the molecule is C[C@H](O)Cn1ncn(-c2ccc(N3CCN(c4ccc(O)cc4)CC3)cc2)c1=O. The number of hydrogen-bond donors (Lipinski definition) is 2. The van der Waals surface area contributed by atoms with Gasteiger partial charge in [0.25, 0.3) is 0 Å². The molecule has 2 aromatic carbocycles. The van der Waals surface area contributed by atoms with Crippen molar-refractivity contribution >= 4 is 11.4 Å². The molecule has 1 aliphatic heterocycles. The van der Waals surface area contributed by atoms with Gasteiger partial charge in [0.15, 0.2) is 0 Å². The molecular formula is C21H25N5O3. The fourth-order valence-electron chi connectivity index (χ4n) is 3.60. The number of hydrogen-bond acceptors (Lipinski definition) is 6. The second-order valence-electron chi connectivity index (χ2n) is 7.32. The first kappa shape index (κ1) is 19.1. The lowest BCUT2D eigenvalue weighted by Gasteiger charge is -2.37. The maximum atomic E-state index is 12.4. The van der Waals surface area contributed by atoms with Crippen molar-refractivity contribution in [2.24, 2.45) is 0 Å². The number of rotatable bonds is 5. The van der Waals surface area contributed by atoms with Crippen LogP contribution in [0.3, 0.4) is 0 Å². The van der Waals surface area contributed by atoms with Crippen LogP contribution in [0, 0.1) is 0 Å². The van der Waals surface area contributed by atoms with Crippen molar-refractivity contribution in [3.05, 3.63) is 65.3 Å². The van der Waals surface area contributed by atoms with Crippen LogP contribution in [0.1, 0.15) is 6.92 Å². The van der Waals surface area contributed by atoms with Gasteiger partial charge in [-0.2, -0.15) is 5.10 Å². The van der Waals surface area contributed by atoms with Crippen LogP contribution in [-0.4, -0.2) is 56.8 Å². The number of phenolic OH excluding ortho intramolecular Hbond substituents is 1. The minimum Gasteiger partial charge on any atom is -0.508 e. The van der Waals surface area contributed by atoms with Crippen molar-refractivity contribution in [2.75, 3.05) is 36.0 Å². The van der Waals surface area contributed by atoms with E-state index in [1.165, 1.54) is 15.6 Å². The molecule has 2 N–H and O–H groups in total. The van der Waals surface area contributed by atoms with E-state index in [2.05, 4.69) is 14.9 Å². The third-order valence-corrected chi connectivity index (χ3v) is 5.16. The Balaban J connectivity index is 1.42. The number of aliphatic hydroxyl groups is 1. The second-order valence-corrected chi connectivity index (χ2v) is 7.32. The van der Waals surface area contributed by atoms with Crippen molar-refractivity contribution in [2.45, 2.75) is 19.6 Å². The van der Waals surface area contributed by atoms with Crippen molar-refractivity contribution in [1.29, 1.82) is 0 Å². The topological polar surface area (TPSA) is 86.8 Å². The smallest absolute Gasteiger partial charge is 0.350 e. The number of piperazine rings is 1. The summed E-state index contributed by atoms with van der Waals surface area (Å²) in [4.78, 5) is 17.0. The molecule has 152 valence electrons. The van der Waals surface area contributed by atoms with E-state index in [-0.39, 0.29) is 18.0 Å². The van der Waals surface area contributed by atoms with Crippen LogP contribution in [0.5, 0.6) is 5.75 Å². The summed E-state index contributed by atoms with van der Waals surface area (Å²) in [5.41, 5.74) is 2.72. The van der Waals surface area contributed by atoms with Crippen LogP contribution < -0.4 is 15.5 Å². The number of anilines is 2. The van der Waals surface area contributed by atoms with Crippen molar-refractivity contribution in [3.63, 3.8) is 0 Å². The molecule has 3 aromatic rings. The molecule has 0 radical (unpaired) electrons. The van der Waals surface area contributed by atoms with E-state index >= 15 is 0 Å². The third kappa shape index (κ3) is 4.12. The molecule has 2 heterocycles. The van der Waals surface area contributed by atoms with E-state index < -0.39 is 6.10 Å². The molecule has 0 saturated carbocycles. The van der Waals surface area contributed by atoms with E-state index in [1.807, 2.05) is 36.4 Å². The fraction of sp³-hybridized carbons (Fsp3) is 0.333. The summed E-state index contributed by atoms with van der Waals surface area (Å²) in [5.74, 6) is 0.281. The lowest BCUT2D eigenvalue weighted by atomic mass is 10.2. The van der Waals surface area contributed by atoms with Crippen LogP contribution in [0.4, 0.5) is 11.4 Å². The van der Waals surface area contributed by atoms with Crippen molar-refractivity contribution < 1.29 is 10.2 Å². The summed E-state index contributed by atoms with van der Waals surface area (Å²) in [5, 5.41) is 23.0. The van der Waals surface area contributed by atoms with E-state index in [0.717, 1.165) is 43.2 Å². The first-order chi connectivity index (χ1) is 14.0. The minimum absolute atomic E-state index is 0.176. The maximum absolute atomic E-state index is 12.4. The molecule has 4 rings (SSSR count). The van der Waals surface area contributed by atoms with Gasteiger partial charge in [-0.25, -0.2) is 14.0 Å². The highest BCUT2D eigenvalue weighted by atomic mass is 16.3. The average molecular weight is 395 g/mol. The predicted molar refractivity (Wildman–Crippen MR) is 112 cm³/mol. The van der Waals surface area contributed by atoms with E-state index in [4.69, 9.17) is 0 Å². The quantitative estimate of drug-likeness (QED) is 0.680. The van der Waals surface area contributed by atoms with E-state index in [1.54, 1.807) is 19.1 Å². The fourth-order valence-corrected chi connectivity index (χ4v) is 3.60. The second kappa shape index (κ2) is 8.00. The summed E-state index contributed by atoms with van der Waals surface area (Å²) in [6, 6.07) is 15.2. The van der Waals surface area contributed by atoms with Gasteiger partial charge in [-0.15, -0.1) is 0 Å². The highest BCUT2D eigenvalue weighted by Gasteiger charge is 2.18. The first-order valence-corrected chi connectivity index (χ1v) is 9.73. The zero-order chi connectivity index (χ0) is 20.4. The Morgan fingerprint density at radius 3 is 1.90 bits per heavy atom. The highest BCUT2D eigenvalue weighted by molar-refractivity contribution is 5.54. The lowest BCUT2D eigenvalue weighted by Crippen LogP contribution is -2.46. The molecule has 1 aliphatic rings. The first-order valence-electron chi connectivity index (χ1n) is 9.73. The molecule has 1 atom stereocenters. The third-order valence-electron chi connectivity index (χ3n) is 5.16. The summed E-state index contributed by atoms with van der Waals surface area (Å²) in [6.45, 7) is 5.39. The summed E-state index contributed by atoms with van der Waals surface area (Å²) >= 11 is 0. The van der Waals surface area contributed by atoms with Gasteiger partial charge in [-0.05, 0) is 55.5 Å². The molecule has 0 aliphatic carbocycles. The number of benzene rings is 2. The normalized spacial score (nSPS) is 15.5. The summed E-state index contributed by atoms with van der Waals surface area (Å²) in [7, 11) is 0. The van der Waals surface area contributed by atoms with Gasteiger partial charge < -0.3 is 20.0 Å². The number of aromatic nitrogens is 3. The molecule has 8 nitrogen and oxygen atoms in total. The van der Waals surface area contributed by atoms with Gasteiger partial charge in [0.2, 0.25) is 0 Å². The monoisotopic (exact) mass is 395 g/mol. The Morgan fingerprint density at radius 2 is 1.38 bits per heavy atom. The number of aliphatic hydroxyl groups excluding tert-OH is 1. The van der Waals surface area contributed by atoms with Gasteiger partial charge in [0.05, 0.1) is 18.3 Å². The highest BCUT2D eigenvalue weighted by Crippen LogP contribution is 2.23. The largest absolute Gasteiger partial charge is 0.508 e. The van der Waals surface area contributed by atoms with Crippen LogP contribution in [0.15, 0.2) is 59.7 Å². The molecule has 1 saturated heterocycles. The summed E-state index contributed by atoms with van der Waals surface area (Å²) in [6.07, 6.45) is 0.856. The zero-order valence-corrected chi connectivity index (χ0v) is 16.3.